The van der Waals surface area contributed by atoms with Crippen molar-refractivity contribution in [2.24, 2.45) is 23.7 Å². The molecule has 8 rings (SSSR count). The number of nitro benzene ring substituents is 1. The number of non-ortho nitro benzene ring substituents is 1. The minimum atomic E-state index is -4.78. The number of carbonyl (C=O) groups excluding carboxylic acids is 4. The summed E-state index contributed by atoms with van der Waals surface area (Å²) in [5, 5.41) is 21.7. The molecule has 4 heterocycles. The molecule has 2 saturated heterocycles. The monoisotopic (exact) mass is 795 g/mol. The van der Waals surface area contributed by atoms with Crippen molar-refractivity contribution in [3.63, 3.8) is 0 Å². The van der Waals surface area contributed by atoms with Crippen molar-refractivity contribution in [3.8, 4) is 0 Å². The van der Waals surface area contributed by atoms with Crippen molar-refractivity contribution in [1.29, 1.82) is 0 Å². The lowest BCUT2D eigenvalue weighted by atomic mass is 9.50. The van der Waals surface area contributed by atoms with Crippen LogP contribution >= 0.6 is 23.2 Å². The molecule has 2 aliphatic carbocycles. The number of hydrazine groups is 1. The van der Waals surface area contributed by atoms with E-state index in [2.05, 4.69) is 10.4 Å². The van der Waals surface area contributed by atoms with Crippen molar-refractivity contribution in [1.82, 2.24) is 9.99 Å². The van der Waals surface area contributed by atoms with E-state index in [1.807, 2.05) is 0 Å². The summed E-state index contributed by atoms with van der Waals surface area (Å²) in [5.74, 6) is -8.00. The van der Waals surface area contributed by atoms with Crippen LogP contribution in [0.2, 0.25) is 10.0 Å². The highest BCUT2D eigenvalue weighted by Crippen LogP contribution is 2.64. The molecule has 55 heavy (non-hydrogen) atoms. The zero-order valence-electron chi connectivity index (χ0n) is 28.0. The van der Waals surface area contributed by atoms with Gasteiger partial charge in [0.1, 0.15) is 23.5 Å². The van der Waals surface area contributed by atoms with Crippen LogP contribution < -0.4 is 10.3 Å². The first-order chi connectivity index (χ1) is 26.2. The predicted molar refractivity (Wildman–Crippen MR) is 187 cm³/mol. The molecular formula is C37H26Cl2F3N5O8. The van der Waals surface area contributed by atoms with Crippen LogP contribution in [0.1, 0.15) is 41.4 Å². The van der Waals surface area contributed by atoms with E-state index in [1.54, 1.807) is 24.3 Å². The van der Waals surface area contributed by atoms with Gasteiger partial charge in [0.15, 0.2) is 5.82 Å². The zero-order chi connectivity index (χ0) is 39.1. The number of aliphatic hydroxyl groups excluding tert-OH is 1. The first-order valence-corrected chi connectivity index (χ1v) is 17.6. The van der Waals surface area contributed by atoms with Crippen LogP contribution in [0.3, 0.4) is 0 Å². The van der Waals surface area contributed by atoms with Gasteiger partial charge in [-0.2, -0.15) is 18.2 Å². The largest absolute Gasteiger partial charge is 0.463 e. The average molecular weight is 797 g/mol. The Morgan fingerprint density at radius 1 is 0.982 bits per heavy atom. The van der Waals surface area contributed by atoms with Gasteiger partial charge in [0.25, 0.3) is 17.5 Å². The Labute approximate surface area is 318 Å². The molecule has 18 heteroatoms. The summed E-state index contributed by atoms with van der Waals surface area (Å²) in [7, 11) is 0. The van der Waals surface area contributed by atoms with Gasteiger partial charge in [-0.1, -0.05) is 47.0 Å². The van der Waals surface area contributed by atoms with Gasteiger partial charge in [-0.05, 0) is 66.8 Å². The minimum absolute atomic E-state index is 0.0607. The van der Waals surface area contributed by atoms with Gasteiger partial charge in [-0.3, -0.25) is 39.6 Å². The normalized spacial score (nSPS) is 26.1. The number of benzene rings is 2. The molecule has 4 aromatic rings. The third-order valence-electron chi connectivity index (χ3n) is 11.0. The summed E-state index contributed by atoms with van der Waals surface area (Å²) < 4.78 is 46.4. The number of carbonyl (C=O) groups is 4. The highest BCUT2D eigenvalue weighted by Gasteiger charge is 2.71. The molecule has 0 bridgehead atoms. The van der Waals surface area contributed by atoms with E-state index in [0.717, 1.165) is 4.90 Å². The number of nitrogens with zero attached hydrogens (tertiary/aromatic N) is 4. The van der Waals surface area contributed by atoms with E-state index in [4.69, 9.17) is 27.6 Å². The van der Waals surface area contributed by atoms with E-state index >= 15 is 4.79 Å². The van der Waals surface area contributed by atoms with Crippen LogP contribution in [0, 0.1) is 33.8 Å². The van der Waals surface area contributed by atoms with Crippen LogP contribution in [0.25, 0.3) is 0 Å². The average Bonchev–Trinajstić information content (AvgIpc) is 3.79. The highest BCUT2D eigenvalue weighted by atomic mass is 35.5. The number of pyridine rings is 1. The lowest BCUT2D eigenvalue weighted by Crippen LogP contribution is -2.53. The number of allylic oxidation sites excluding steroid dienone is 2. The van der Waals surface area contributed by atoms with Crippen molar-refractivity contribution >= 4 is 64.0 Å². The molecule has 13 nitrogen and oxygen atoms in total. The third kappa shape index (κ3) is 5.53. The van der Waals surface area contributed by atoms with Crippen molar-refractivity contribution in [2.45, 2.75) is 37.0 Å². The van der Waals surface area contributed by atoms with E-state index in [9.17, 15) is 42.8 Å². The van der Waals surface area contributed by atoms with Crippen LogP contribution in [0.4, 0.5) is 30.4 Å². The topological polar surface area (TPSA) is 176 Å². The Morgan fingerprint density at radius 3 is 2.31 bits per heavy atom. The number of nitrogens with one attached hydrogen (secondary N) is 1. The number of imide groups is 2. The van der Waals surface area contributed by atoms with Gasteiger partial charge in [-0.15, -0.1) is 0 Å². The van der Waals surface area contributed by atoms with Gasteiger partial charge in [0.2, 0.25) is 11.8 Å². The lowest BCUT2D eigenvalue weighted by Gasteiger charge is -2.49. The van der Waals surface area contributed by atoms with Gasteiger partial charge in [0, 0.05) is 23.4 Å². The van der Waals surface area contributed by atoms with Gasteiger partial charge >= 0.3 is 6.18 Å². The number of aromatic nitrogens is 1. The number of rotatable bonds is 7. The summed E-state index contributed by atoms with van der Waals surface area (Å²) in [6, 6.07) is 14.8. The first kappa shape index (κ1) is 36.4. The van der Waals surface area contributed by atoms with Crippen molar-refractivity contribution < 1.29 is 46.8 Å². The Morgan fingerprint density at radius 2 is 1.69 bits per heavy atom. The number of nitro groups is 1. The summed E-state index contributed by atoms with van der Waals surface area (Å²) in [6.45, 7) is -0.507. The molecular weight excluding hydrogens is 770 g/mol. The molecule has 3 fully saturated rings. The maximum Gasteiger partial charge on any atom is 0.417 e. The number of furan rings is 1. The van der Waals surface area contributed by atoms with Gasteiger partial charge in [-0.25, -0.2) is 4.98 Å². The maximum absolute atomic E-state index is 15.2. The molecule has 0 unspecified atom stereocenters. The third-order valence-corrected chi connectivity index (χ3v) is 11.5. The van der Waals surface area contributed by atoms with Crippen LogP contribution in [-0.2, 0) is 37.4 Å². The summed E-state index contributed by atoms with van der Waals surface area (Å²) in [5.41, 5.74) is 0.302. The summed E-state index contributed by atoms with van der Waals surface area (Å²) in [6.07, 6.45) is -2.59. The number of fused-ring (bicyclic) bond motifs is 4. The molecule has 2 aromatic carbocycles. The molecule has 6 atom stereocenters. The Hall–Kier alpha value is -5.58. The predicted octanol–water partition coefficient (Wildman–Crippen LogP) is 6.59. The Bertz CT molecular complexity index is 2330. The summed E-state index contributed by atoms with van der Waals surface area (Å²) in [4.78, 5) is 73.6. The fourth-order valence-electron chi connectivity index (χ4n) is 8.70. The van der Waals surface area contributed by atoms with E-state index < -0.39 is 92.7 Å². The number of amides is 4. The van der Waals surface area contributed by atoms with E-state index in [1.165, 1.54) is 42.5 Å². The van der Waals surface area contributed by atoms with E-state index in [0.29, 0.717) is 33.4 Å². The number of anilines is 2. The fourth-order valence-corrected chi connectivity index (χ4v) is 9.04. The smallest absolute Gasteiger partial charge is 0.417 e. The van der Waals surface area contributed by atoms with Crippen molar-refractivity contribution in [3.05, 3.63) is 127 Å². The maximum atomic E-state index is 15.2. The number of aliphatic hydroxyl groups is 1. The quantitative estimate of drug-likeness (QED) is 0.0898. The van der Waals surface area contributed by atoms with Crippen molar-refractivity contribution in [2.75, 3.05) is 10.3 Å². The molecule has 0 radical (unpaired) electrons. The standard InChI is InChI=1S/C37H26Cl2F3N5O8/c38-19-3-1-17(2-4-19)36-26(33(50)46(35(36)52)44-31-27(39)13-18(15-43-31)37(40,41)42)14-25-23(30(36)28-12-9-22(16-48)55-28)10-11-24-29(25)34(51)45(32(24)49)20-5-7-21(8-6-20)47(53)54/h1-10,12-13,15,24-26,29-30,48H,11,14,16H2,(H,43,44)/t24-,25+,26-,29-,30+,36+/m0/s1. The molecule has 4 amide bonds. The molecule has 2 aliphatic heterocycles. The first-order valence-electron chi connectivity index (χ1n) is 16.8. The lowest BCUT2D eigenvalue weighted by molar-refractivity contribution is -0.384. The number of alkyl halides is 3. The molecule has 1 saturated carbocycles. The van der Waals surface area contributed by atoms with Crippen LogP contribution in [-0.4, -0.2) is 43.7 Å². The molecule has 2 aromatic heterocycles. The molecule has 0 spiro atoms. The Balaban J connectivity index is 1.27. The fraction of sp³-hybridized carbons (Fsp3) is 0.270. The minimum Gasteiger partial charge on any atom is -0.463 e. The summed E-state index contributed by atoms with van der Waals surface area (Å²) >= 11 is 12.5. The van der Waals surface area contributed by atoms with Crippen LogP contribution in [0.15, 0.2) is 89.0 Å². The number of hydrogen-bond donors (Lipinski definition) is 2. The molecule has 2 N–H and O–H groups in total. The highest BCUT2D eigenvalue weighted by molar-refractivity contribution is 6.33. The van der Waals surface area contributed by atoms with Gasteiger partial charge < -0.3 is 9.52 Å². The molecule has 4 aliphatic rings. The second kappa shape index (κ2) is 13.0. The number of hydrogen-bond acceptors (Lipinski definition) is 10. The SMILES string of the molecule is O=C1[C@@H]2C[C@@H]3C(=CC[C@@H]4C(=O)N(c5ccc([N+](=O)[O-])cc5)C(=O)[C@@H]43)[C@H](c3ccc(CO)o3)[C@]2(c2ccc(Cl)cc2)C(=O)N1Nc1ncc(C(F)(F)F)cc1Cl. The second-order valence-electron chi connectivity index (χ2n) is 13.7. The van der Waals surface area contributed by atoms with Gasteiger partial charge in [0.05, 0.1) is 44.9 Å². The zero-order valence-corrected chi connectivity index (χ0v) is 29.5. The van der Waals surface area contributed by atoms with Crippen LogP contribution in [0.5, 0.6) is 0 Å². The Kier molecular flexibility index (Phi) is 8.62. The second-order valence-corrected chi connectivity index (χ2v) is 14.5. The van der Waals surface area contributed by atoms with E-state index in [-0.39, 0.29) is 35.7 Å². The number of halogens is 5. The molecule has 282 valence electrons.